The molecule has 3 nitrogen and oxygen atoms in total. The number of nitrogen functional groups attached to an aromatic ring is 1. The SMILES string of the molecule is C=C/C=C(/C)n1nccc1N. The van der Waals surface area contributed by atoms with E-state index in [0.717, 1.165) is 5.70 Å². The number of hydrogen-bond donors (Lipinski definition) is 1. The lowest BCUT2D eigenvalue weighted by Crippen LogP contribution is -2.00. The minimum absolute atomic E-state index is 0.639. The molecule has 1 rings (SSSR count). The molecule has 0 amide bonds. The van der Waals surface area contributed by atoms with Crippen molar-refractivity contribution in [3.8, 4) is 0 Å². The van der Waals surface area contributed by atoms with Crippen LogP contribution in [0.15, 0.2) is 31.0 Å². The van der Waals surface area contributed by atoms with Crippen LogP contribution < -0.4 is 5.73 Å². The molecule has 1 aromatic rings. The standard InChI is InChI=1S/C8H11N3/c1-3-4-7(2)11-8(9)5-6-10-11/h3-6H,1,9H2,2H3/b7-4-. The molecule has 0 saturated heterocycles. The minimum atomic E-state index is 0.639. The first kappa shape index (κ1) is 7.60. The van der Waals surface area contributed by atoms with Gasteiger partial charge in [0.25, 0.3) is 0 Å². The van der Waals surface area contributed by atoms with Gasteiger partial charge < -0.3 is 5.73 Å². The predicted molar refractivity (Wildman–Crippen MR) is 46.8 cm³/mol. The number of nitrogens with two attached hydrogens (primary N) is 1. The fourth-order valence-corrected chi connectivity index (χ4v) is 0.849. The van der Waals surface area contributed by atoms with Crippen LogP contribution in [0.25, 0.3) is 5.70 Å². The summed E-state index contributed by atoms with van der Waals surface area (Å²) in [7, 11) is 0. The summed E-state index contributed by atoms with van der Waals surface area (Å²) < 4.78 is 1.65. The van der Waals surface area contributed by atoms with E-state index in [9.17, 15) is 0 Å². The minimum Gasteiger partial charge on any atom is -0.384 e. The van der Waals surface area contributed by atoms with Crippen LogP contribution in [0.3, 0.4) is 0 Å². The van der Waals surface area contributed by atoms with E-state index in [1.54, 1.807) is 23.0 Å². The topological polar surface area (TPSA) is 43.8 Å². The largest absolute Gasteiger partial charge is 0.384 e. The van der Waals surface area contributed by atoms with Gasteiger partial charge in [0, 0.05) is 11.8 Å². The number of aromatic nitrogens is 2. The van der Waals surface area contributed by atoms with E-state index >= 15 is 0 Å². The second-order valence-electron chi connectivity index (χ2n) is 2.21. The van der Waals surface area contributed by atoms with Gasteiger partial charge in [-0.05, 0) is 13.0 Å². The van der Waals surface area contributed by atoms with Gasteiger partial charge in [0.2, 0.25) is 0 Å². The number of anilines is 1. The third kappa shape index (κ3) is 1.49. The van der Waals surface area contributed by atoms with E-state index in [2.05, 4.69) is 11.7 Å². The van der Waals surface area contributed by atoms with Crippen molar-refractivity contribution in [3.63, 3.8) is 0 Å². The molecule has 11 heavy (non-hydrogen) atoms. The zero-order valence-electron chi connectivity index (χ0n) is 6.49. The molecule has 0 aliphatic carbocycles. The summed E-state index contributed by atoms with van der Waals surface area (Å²) in [6.07, 6.45) is 5.22. The van der Waals surface area contributed by atoms with Gasteiger partial charge in [0.15, 0.2) is 0 Å². The van der Waals surface area contributed by atoms with Crippen molar-refractivity contribution >= 4 is 11.5 Å². The Morgan fingerprint density at radius 3 is 3.00 bits per heavy atom. The number of allylic oxidation sites excluding steroid dienone is 3. The van der Waals surface area contributed by atoms with Crippen LogP contribution in [0.4, 0.5) is 5.82 Å². The van der Waals surface area contributed by atoms with Gasteiger partial charge in [0.05, 0.1) is 6.20 Å². The molecule has 0 saturated carbocycles. The molecule has 0 aromatic carbocycles. The fourth-order valence-electron chi connectivity index (χ4n) is 0.849. The van der Waals surface area contributed by atoms with Crippen molar-refractivity contribution in [1.29, 1.82) is 0 Å². The van der Waals surface area contributed by atoms with E-state index in [1.165, 1.54) is 0 Å². The molecule has 0 aliphatic rings. The summed E-state index contributed by atoms with van der Waals surface area (Å²) in [5.41, 5.74) is 6.56. The zero-order chi connectivity index (χ0) is 8.27. The van der Waals surface area contributed by atoms with Crippen LogP contribution in [-0.4, -0.2) is 9.78 Å². The second kappa shape index (κ2) is 3.05. The smallest absolute Gasteiger partial charge is 0.126 e. The van der Waals surface area contributed by atoms with Crippen molar-refractivity contribution in [2.45, 2.75) is 6.92 Å². The molecule has 1 heterocycles. The third-order valence-electron chi connectivity index (χ3n) is 1.37. The molecular formula is C8H11N3. The molecule has 58 valence electrons. The first-order valence-corrected chi connectivity index (χ1v) is 3.35. The Bertz CT molecular complexity index is 283. The molecule has 0 aliphatic heterocycles. The summed E-state index contributed by atoms with van der Waals surface area (Å²) in [6, 6.07) is 1.75. The highest BCUT2D eigenvalue weighted by Crippen LogP contribution is 2.07. The van der Waals surface area contributed by atoms with Crippen LogP contribution in [0.5, 0.6) is 0 Å². The first-order valence-electron chi connectivity index (χ1n) is 3.35. The Labute approximate surface area is 65.8 Å². The molecule has 0 atom stereocenters. The van der Waals surface area contributed by atoms with Crippen LogP contribution in [-0.2, 0) is 0 Å². The highest BCUT2D eigenvalue weighted by atomic mass is 15.3. The van der Waals surface area contributed by atoms with Crippen molar-refractivity contribution in [1.82, 2.24) is 9.78 Å². The van der Waals surface area contributed by atoms with E-state index in [4.69, 9.17) is 5.73 Å². The van der Waals surface area contributed by atoms with Crippen LogP contribution >= 0.6 is 0 Å². The average Bonchev–Trinajstić information content (AvgIpc) is 2.36. The summed E-state index contributed by atoms with van der Waals surface area (Å²) in [6.45, 7) is 5.50. The molecule has 3 heteroatoms. The highest BCUT2D eigenvalue weighted by molar-refractivity contribution is 5.50. The number of nitrogens with zero attached hydrogens (tertiary/aromatic N) is 2. The van der Waals surface area contributed by atoms with Crippen molar-refractivity contribution in [2.24, 2.45) is 0 Å². The predicted octanol–water partition coefficient (Wildman–Crippen LogP) is 1.51. The molecule has 0 radical (unpaired) electrons. The van der Waals surface area contributed by atoms with Crippen molar-refractivity contribution in [3.05, 3.63) is 31.0 Å². The van der Waals surface area contributed by atoms with Crippen molar-refractivity contribution < 1.29 is 0 Å². The fraction of sp³-hybridized carbons (Fsp3) is 0.125. The molecule has 0 bridgehead atoms. The van der Waals surface area contributed by atoms with E-state index in [-0.39, 0.29) is 0 Å². The van der Waals surface area contributed by atoms with Crippen LogP contribution in [0.2, 0.25) is 0 Å². The van der Waals surface area contributed by atoms with Crippen LogP contribution in [0, 0.1) is 0 Å². The second-order valence-corrected chi connectivity index (χ2v) is 2.21. The maximum absolute atomic E-state index is 5.60. The maximum atomic E-state index is 5.60. The van der Waals surface area contributed by atoms with Gasteiger partial charge in [-0.1, -0.05) is 12.7 Å². The molecule has 2 N–H and O–H groups in total. The van der Waals surface area contributed by atoms with Gasteiger partial charge in [0.1, 0.15) is 5.82 Å². The monoisotopic (exact) mass is 149 g/mol. The van der Waals surface area contributed by atoms with Crippen LogP contribution in [0.1, 0.15) is 6.92 Å². The third-order valence-corrected chi connectivity index (χ3v) is 1.37. The summed E-state index contributed by atoms with van der Waals surface area (Å²) in [5.74, 6) is 0.639. The Hall–Kier alpha value is -1.51. The molecular weight excluding hydrogens is 138 g/mol. The lowest BCUT2D eigenvalue weighted by Gasteiger charge is -2.01. The van der Waals surface area contributed by atoms with Gasteiger partial charge in [-0.15, -0.1) is 0 Å². The molecule has 0 unspecified atom stereocenters. The highest BCUT2D eigenvalue weighted by Gasteiger charge is 1.96. The van der Waals surface area contributed by atoms with Crippen molar-refractivity contribution in [2.75, 3.05) is 5.73 Å². The van der Waals surface area contributed by atoms with E-state index in [0.29, 0.717) is 5.82 Å². The Morgan fingerprint density at radius 1 is 1.82 bits per heavy atom. The molecule has 0 fully saturated rings. The Balaban J connectivity index is 3.01. The quantitative estimate of drug-likeness (QED) is 0.648. The van der Waals surface area contributed by atoms with Gasteiger partial charge in [-0.3, -0.25) is 0 Å². The zero-order valence-corrected chi connectivity index (χ0v) is 6.49. The summed E-state index contributed by atoms with van der Waals surface area (Å²) in [5, 5.41) is 4.01. The lowest BCUT2D eigenvalue weighted by molar-refractivity contribution is 0.906. The number of hydrogen-bond acceptors (Lipinski definition) is 2. The Morgan fingerprint density at radius 2 is 2.55 bits per heavy atom. The average molecular weight is 149 g/mol. The summed E-state index contributed by atoms with van der Waals surface area (Å²) in [4.78, 5) is 0. The van der Waals surface area contributed by atoms with Gasteiger partial charge >= 0.3 is 0 Å². The summed E-state index contributed by atoms with van der Waals surface area (Å²) >= 11 is 0. The molecule has 1 aromatic heterocycles. The van der Waals surface area contributed by atoms with E-state index < -0.39 is 0 Å². The molecule has 0 spiro atoms. The van der Waals surface area contributed by atoms with Gasteiger partial charge in [-0.2, -0.15) is 5.10 Å². The van der Waals surface area contributed by atoms with E-state index in [1.807, 2.05) is 13.0 Å². The normalized spacial score (nSPS) is 11.5. The maximum Gasteiger partial charge on any atom is 0.126 e. The van der Waals surface area contributed by atoms with Gasteiger partial charge in [-0.25, -0.2) is 4.68 Å². The lowest BCUT2D eigenvalue weighted by atomic mass is 10.4. The first-order chi connectivity index (χ1) is 5.25. The number of rotatable bonds is 2. The Kier molecular flexibility index (Phi) is 2.11.